The number of hydrogen-bond acceptors (Lipinski definition) is 3. The van der Waals surface area contributed by atoms with Crippen molar-refractivity contribution >= 4 is 5.91 Å². The van der Waals surface area contributed by atoms with Crippen LogP contribution in [0.2, 0.25) is 0 Å². The van der Waals surface area contributed by atoms with Crippen LogP contribution >= 0.6 is 0 Å². The first-order valence-electron chi connectivity index (χ1n) is 7.05. The van der Waals surface area contributed by atoms with Crippen LogP contribution in [-0.2, 0) is 10.2 Å². The summed E-state index contributed by atoms with van der Waals surface area (Å²) >= 11 is 0. The molecule has 1 saturated carbocycles. The zero-order valence-electron chi connectivity index (χ0n) is 11.2. The van der Waals surface area contributed by atoms with Crippen molar-refractivity contribution in [2.24, 2.45) is 5.92 Å². The first-order chi connectivity index (χ1) is 9.62. The highest BCUT2D eigenvalue weighted by Crippen LogP contribution is 2.48. The molecule has 0 aromatic heterocycles. The fourth-order valence-corrected chi connectivity index (χ4v) is 2.88. The lowest BCUT2D eigenvalue weighted by atomic mass is 9.94. The number of halogens is 1. The SMILES string of the molecule is O=C(NCC1CNCC1O)C1(c2cccc(F)c2)CC1. The lowest BCUT2D eigenvalue weighted by Gasteiger charge is -2.19. The van der Waals surface area contributed by atoms with Crippen molar-refractivity contribution in [1.82, 2.24) is 10.6 Å². The van der Waals surface area contributed by atoms with E-state index in [1.54, 1.807) is 6.07 Å². The number of amides is 1. The van der Waals surface area contributed by atoms with E-state index in [0.29, 0.717) is 19.6 Å². The highest BCUT2D eigenvalue weighted by molar-refractivity contribution is 5.91. The van der Waals surface area contributed by atoms with Crippen LogP contribution in [0.25, 0.3) is 0 Å². The molecule has 1 aliphatic carbocycles. The summed E-state index contributed by atoms with van der Waals surface area (Å²) in [6, 6.07) is 6.28. The van der Waals surface area contributed by atoms with E-state index >= 15 is 0 Å². The highest BCUT2D eigenvalue weighted by atomic mass is 19.1. The Morgan fingerprint density at radius 1 is 1.45 bits per heavy atom. The molecule has 2 atom stereocenters. The van der Waals surface area contributed by atoms with Crippen molar-refractivity contribution in [2.45, 2.75) is 24.4 Å². The van der Waals surface area contributed by atoms with Crippen LogP contribution in [0, 0.1) is 11.7 Å². The average Bonchev–Trinajstić information content (AvgIpc) is 3.15. The van der Waals surface area contributed by atoms with Crippen molar-refractivity contribution in [3.63, 3.8) is 0 Å². The molecule has 0 bridgehead atoms. The molecule has 1 heterocycles. The van der Waals surface area contributed by atoms with Gasteiger partial charge in [0.1, 0.15) is 5.82 Å². The van der Waals surface area contributed by atoms with Gasteiger partial charge in [-0.2, -0.15) is 0 Å². The van der Waals surface area contributed by atoms with Gasteiger partial charge in [-0.25, -0.2) is 4.39 Å². The number of benzene rings is 1. The number of aliphatic hydroxyl groups excluding tert-OH is 1. The lowest BCUT2D eigenvalue weighted by molar-refractivity contribution is -0.123. The molecule has 4 nitrogen and oxygen atoms in total. The van der Waals surface area contributed by atoms with E-state index in [2.05, 4.69) is 10.6 Å². The van der Waals surface area contributed by atoms with Crippen LogP contribution < -0.4 is 10.6 Å². The predicted molar refractivity (Wildman–Crippen MR) is 72.7 cm³/mol. The highest BCUT2D eigenvalue weighted by Gasteiger charge is 2.51. The molecule has 1 aromatic rings. The monoisotopic (exact) mass is 278 g/mol. The van der Waals surface area contributed by atoms with Gasteiger partial charge in [0.05, 0.1) is 11.5 Å². The molecule has 3 rings (SSSR count). The van der Waals surface area contributed by atoms with Crippen LogP contribution in [0.5, 0.6) is 0 Å². The van der Waals surface area contributed by atoms with E-state index in [1.807, 2.05) is 6.07 Å². The molecule has 20 heavy (non-hydrogen) atoms. The summed E-state index contributed by atoms with van der Waals surface area (Å²) in [6.07, 6.45) is 1.11. The van der Waals surface area contributed by atoms with E-state index in [9.17, 15) is 14.3 Å². The minimum absolute atomic E-state index is 0.0535. The minimum atomic E-state index is -0.556. The van der Waals surface area contributed by atoms with Crippen LogP contribution in [0.1, 0.15) is 18.4 Å². The summed E-state index contributed by atoms with van der Waals surface area (Å²) < 4.78 is 13.3. The van der Waals surface area contributed by atoms with Crippen molar-refractivity contribution in [3.05, 3.63) is 35.6 Å². The van der Waals surface area contributed by atoms with E-state index in [-0.39, 0.29) is 17.6 Å². The van der Waals surface area contributed by atoms with Gasteiger partial charge in [-0.1, -0.05) is 12.1 Å². The van der Waals surface area contributed by atoms with Gasteiger partial charge in [-0.3, -0.25) is 4.79 Å². The number of nitrogens with one attached hydrogen (secondary N) is 2. The number of β-amino-alcohol motifs (C(OH)–C–C–N with tert-alkyl or cyclic N) is 1. The van der Waals surface area contributed by atoms with E-state index < -0.39 is 11.5 Å². The maximum atomic E-state index is 13.3. The summed E-state index contributed by atoms with van der Waals surface area (Å²) in [5.41, 5.74) is 0.194. The summed E-state index contributed by atoms with van der Waals surface area (Å²) in [5, 5.41) is 15.7. The zero-order valence-corrected chi connectivity index (χ0v) is 11.2. The van der Waals surface area contributed by atoms with Crippen molar-refractivity contribution in [3.8, 4) is 0 Å². The summed E-state index contributed by atoms with van der Waals surface area (Å²) in [4.78, 5) is 12.4. The molecule has 0 radical (unpaired) electrons. The van der Waals surface area contributed by atoms with Gasteiger partial charge in [0.25, 0.3) is 0 Å². The Bertz CT molecular complexity index is 516. The third kappa shape index (κ3) is 2.43. The Morgan fingerprint density at radius 2 is 2.25 bits per heavy atom. The van der Waals surface area contributed by atoms with E-state index in [4.69, 9.17) is 0 Å². The van der Waals surface area contributed by atoms with E-state index in [0.717, 1.165) is 18.4 Å². The number of rotatable bonds is 4. The molecule has 0 spiro atoms. The topological polar surface area (TPSA) is 61.4 Å². The zero-order chi connectivity index (χ0) is 14.2. The molecule has 1 amide bonds. The largest absolute Gasteiger partial charge is 0.391 e. The van der Waals surface area contributed by atoms with Crippen molar-refractivity contribution < 1.29 is 14.3 Å². The molecular weight excluding hydrogens is 259 g/mol. The summed E-state index contributed by atoms with van der Waals surface area (Å²) in [7, 11) is 0. The Labute approximate surface area is 117 Å². The summed E-state index contributed by atoms with van der Waals surface area (Å²) in [6.45, 7) is 1.76. The minimum Gasteiger partial charge on any atom is -0.391 e. The van der Waals surface area contributed by atoms with Crippen LogP contribution in [0.3, 0.4) is 0 Å². The Kier molecular flexibility index (Phi) is 3.48. The lowest BCUT2D eigenvalue weighted by Crippen LogP contribution is -2.40. The number of carbonyl (C=O) groups is 1. The average molecular weight is 278 g/mol. The number of carbonyl (C=O) groups excluding carboxylic acids is 1. The molecule has 1 aromatic carbocycles. The number of aliphatic hydroxyl groups is 1. The molecule has 108 valence electrons. The second kappa shape index (κ2) is 5.14. The predicted octanol–water partition coefficient (Wildman–Crippen LogP) is 0.554. The van der Waals surface area contributed by atoms with Crippen LogP contribution in [0.15, 0.2) is 24.3 Å². The first kappa shape index (κ1) is 13.5. The summed E-state index contributed by atoms with van der Waals surface area (Å²) in [5.74, 6) is -0.304. The molecule has 5 heteroatoms. The number of hydrogen-bond donors (Lipinski definition) is 3. The fourth-order valence-electron chi connectivity index (χ4n) is 2.88. The van der Waals surface area contributed by atoms with Crippen LogP contribution in [0.4, 0.5) is 4.39 Å². The standard InChI is InChI=1S/C15H19FN2O2/c16-12-3-1-2-11(6-12)15(4-5-15)14(20)18-8-10-7-17-9-13(10)19/h1-3,6,10,13,17,19H,4-5,7-9H2,(H,18,20). The maximum Gasteiger partial charge on any atom is 0.230 e. The van der Waals surface area contributed by atoms with Gasteiger partial charge in [0.2, 0.25) is 5.91 Å². The van der Waals surface area contributed by atoms with Gasteiger partial charge in [0.15, 0.2) is 0 Å². The molecule has 1 saturated heterocycles. The molecule has 3 N–H and O–H groups in total. The molecule has 2 unspecified atom stereocenters. The third-order valence-corrected chi connectivity index (χ3v) is 4.39. The van der Waals surface area contributed by atoms with Crippen molar-refractivity contribution in [2.75, 3.05) is 19.6 Å². The second-order valence-electron chi connectivity index (χ2n) is 5.79. The van der Waals surface area contributed by atoms with Gasteiger partial charge >= 0.3 is 0 Å². The van der Waals surface area contributed by atoms with Gasteiger partial charge in [-0.05, 0) is 30.5 Å². The van der Waals surface area contributed by atoms with E-state index in [1.165, 1.54) is 12.1 Å². The second-order valence-corrected chi connectivity index (χ2v) is 5.79. The quantitative estimate of drug-likeness (QED) is 0.754. The third-order valence-electron chi connectivity index (χ3n) is 4.39. The molecule has 2 fully saturated rings. The maximum absolute atomic E-state index is 13.3. The van der Waals surface area contributed by atoms with Crippen molar-refractivity contribution in [1.29, 1.82) is 0 Å². The first-order valence-corrected chi connectivity index (χ1v) is 7.05. The Morgan fingerprint density at radius 3 is 2.85 bits per heavy atom. The molecular formula is C15H19FN2O2. The molecule has 1 aliphatic heterocycles. The normalized spacial score (nSPS) is 27.3. The van der Waals surface area contributed by atoms with Gasteiger partial charge in [-0.15, -0.1) is 0 Å². The Balaban J connectivity index is 1.64. The fraction of sp³-hybridized carbons (Fsp3) is 0.533. The van der Waals surface area contributed by atoms with Crippen LogP contribution in [-0.4, -0.2) is 36.8 Å². The van der Waals surface area contributed by atoms with Gasteiger partial charge < -0.3 is 15.7 Å². The Hall–Kier alpha value is -1.46. The smallest absolute Gasteiger partial charge is 0.230 e. The molecule has 2 aliphatic rings. The van der Waals surface area contributed by atoms with Gasteiger partial charge in [0, 0.05) is 25.6 Å².